The van der Waals surface area contributed by atoms with E-state index < -0.39 is 5.41 Å². The number of nitrogen functional groups attached to an aromatic ring is 1. The van der Waals surface area contributed by atoms with Gasteiger partial charge >= 0.3 is 0 Å². The third-order valence-corrected chi connectivity index (χ3v) is 8.50. The Labute approximate surface area is 204 Å². The molecule has 1 fully saturated rings. The summed E-state index contributed by atoms with van der Waals surface area (Å²) in [6.45, 7) is 5.71. The van der Waals surface area contributed by atoms with Gasteiger partial charge in [-0.05, 0) is 62.6 Å². The molecule has 3 heterocycles. The van der Waals surface area contributed by atoms with Crippen LogP contribution in [0.3, 0.4) is 0 Å². The second-order valence-electron chi connectivity index (χ2n) is 9.74. The molecule has 0 bridgehead atoms. The first-order valence-corrected chi connectivity index (χ1v) is 12.9. The minimum atomic E-state index is -0.654. The number of aliphatic hydroxyl groups excluding tert-OH is 1. The number of fused-ring (bicyclic) bond motifs is 2. The van der Waals surface area contributed by atoms with Crippen LogP contribution in [-0.2, 0) is 11.8 Å². The van der Waals surface area contributed by atoms with E-state index in [0.29, 0.717) is 34.2 Å². The van der Waals surface area contributed by atoms with E-state index in [2.05, 4.69) is 28.2 Å². The number of thiophene rings is 1. The van der Waals surface area contributed by atoms with Gasteiger partial charge < -0.3 is 21.1 Å². The molecule has 0 amide bonds. The van der Waals surface area contributed by atoms with Gasteiger partial charge in [-0.1, -0.05) is 6.92 Å². The summed E-state index contributed by atoms with van der Waals surface area (Å²) in [5.41, 5.74) is 8.36. The lowest BCUT2D eigenvalue weighted by Gasteiger charge is -2.43. The first-order valence-electron chi connectivity index (χ1n) is 12.1. The van der Waals surface area contributed by atoms with Gasteiger partial charge in [0.2, 0.25) is 5.95 Å². The van der Waals surface area contributed by atoms with Crippen LogP contribution in [-0.4, -0.2) is 47.0 Å². The minimum absolute atomic E-state index is 0.227. The van der Waals surface area contributed by atoms with E-state index in [1.165, 1.54) is 11.3 Å². The van der Waals surface area contributed by atoms with E-state index in [1.54, 1.807) is 12.3 Å². The number of aliphatic hydroxyl groups is 1. The largest absolute Gasteiger partial charge is 0.511 e. The molecule has 2 atom stereocenters. The number of hydrogen-bond donors (Lipinski definition) is 4. The molecular formula is C25H31N7OS. The minimum Gasteiger partial charge on any atom is -0.511 e. The van der Waals surface area contributed by atoms with E-state index in [9.17, 15) is 10.4 Å². The predicted octanol–water partition coefficient (Wildman–Crippen LogP) is 3.68. The molecule has 2 unspecified atom stereocenters. The standard InChI is InChI=1S/C25H31N7OS/c1-15-12-16(21(27)18-5-8-30-24(31-18)32-10-3-7-29-9-11-32)22(33)25(13-15)6-2-4-19-20(25)17(14-26)23(28)34-19/h5,8,15,27,29,33H,2-4,6-7,9-13,28H2,1H3. The SMILES string of the molecule is CC1CC(C(=N)c2ccnc(N3CCCNCC3)n2)=C(O)C2(CCCc3sc(N)c(C#N)c32)C1. The van der Waals surface area contributed by atoms with Gasteiger partial charge in [0.05, 0.1) is 22.4 Å². The van der Waals surface area contributed by atoms with E-state index in [0.717, 1.165) is 68.7 Å². The quantitative estimate of drug-likeness (QED) is 0.495. The third kappa shape index (κ3) is 3.75. The molecule has 5 rings (SSSR count). The van der Waals surface area contributed by atoms with Crippen LogP contribution in [0.1, 0.15) is 60.7 Å². The summed E-state index contributed by atoms with van der Waals surface area (Å²) in [7, 11) is 0. The number of anilines is 2. The van der Waals surface area contributed by atoms with Gasteiger partial charge in [0.15, 0.2) is 0 Å². The number of nitrogens with one attached hydrogen (secondary N) is 2. The van der Waals surface area contributed by atoms with Gasteiger partial charge in [-0.15, -0.1) is 11.3 Å². The number of aryl methyl sites for hydroxylation is 1. The first kappa shape index (κ1) is 22.8. The molecule has 8 nitrogen and oxygen atoms in total. The zero-order valence-electron chi connectivity index (χ0n) is 19.5. The summed E-state index contributed by atoms with van der Waals surface area (Å²) in [6.07, 6.45) is 6.64. The topological polar surface area (TPSA) is 135 Å². The first-order chi connectivity index (χ1) is 16.4. The Morgan fingerprint density at radius 3 is 3.06 bits per heavy atom. The average Bonchev–Trinajstić information content (AvgIpc) is 2.99. The zero-order valence-corrected chi connectivity index (χ0v) is 20.3. The Hall–Kier alpha value is -2.96. The molecule has 2 aromatic heterocycles. The number of nitrogens with two attached hydrogens (primary N) is 1. The molecule has 0 saturated carbocycles. The highest BCUT2D eigenvalue weighted by molar-refractivity contribution is 7.16. The molecule has 0 radical (unpaired) electrons. The van der Waals surface area contributed by atoms with Crippen molar-refractivity contribution in [3.8, 4) is 6.07 Å². The lowest BCUT2D eigenvalue weighted by molar-refractivity contribution is 0.206. The number of nitriles is 1. The van der Waals surface area contributed by atoms with Crippen LogP contribution in [0.5, 0.6) is 0 Å². The Morgan fingerprint density at radius 2 is 2.24 bits per heavy atom. The Bertz CT molecular complexity index is 1190. The van der Waals surface area contributed by atoms with Crippen molar-refractivity contribution in [1.29, 1.82) is 10.7 Å². The lowest BCUT2D eigenvalue weighted by atomic mass is 9.61. The van der Waals surface area contributed by atoms with Gasteiger partial charge in [-0.3, -0.25) is 5.41 Å². The second-order valence-corrected chi connectivity index (χ2v) is 10.9. The molecular weight excluding hydrogens is 446 g/mol. The fraction of sp³-hybridized carbons (Fsp3) is 0.520. The predicted molar refractivity (Wildman–Crippen MR) is 135 cm³/mol. The smallest absolute Gasteiger partial charge is 0.225 e. The fourth-order valence-electron chi connectivity index (χ4n) is 5.97. The normalized spacial score (nSPS) is 25.1. The van der Waals surface area contributed by atoms with Crippen molar-refractivity contribution in [2.24, 2.45) is 5.92 Å². The van der Waals surface area contributed by atoms with E-state index >= 15 is 0 Å². The van der Waals surface area contributed by atoms with Gasteiger partial charge in [-0.25, -0.2) is 9.97 Å². The molecule has 1 saturated heterocycles. The fourth-order valence-corrected chi connectivity index (χ4v) is 7.13. The van der Waals surface area contributed by atoms with Gasteiger partial charge in [0, 0.05) is 36.3 Å². The number of aromatic nitrogens is 2. The van der Waals surface area contributed by atoms with Crippen molar-refractivity contribution < 1.29 is 5.11 Å². The van der Waals surface area contributed by atoms with Crippen molar-refractivity contribution in [2.75, 3.05) is 36.8 Å². The summed E-state index contributed by atoms with van der Waals surface area (Å²) >= 11 is 1.47. The summed E-state index contributed by atoms with van der Waals surface area (Å²) in [5.74, 6) is 1.11. The highest BCUT2D eigenvalue weighted by Gasteiger charge is 2.48. The van der Waals surface area contributed by atoms with Crippen molar-refractivity contribution in [3.63, 3.8) is 0 Å². The summed E-state index contributed by atoms with van der Waals surface area (Å²) in [6, 6.07) is 4.06. The van der Waals surface area contributed by atoms with Gasteiger partial charge in [-0.2, -0.15) is 5.26 Å². The van der Waals surface area contributed by atoms with Crippen LogP contribution in [0.2, 0.25) is 0 Å². The van der Waals surface area contributed by atoms with Crippen LogP contribution >= 0.6 is 11.3 Å². The molecule has 2 aliphatic carbocycles. The van der Waals surface area contributed by atoms with Crippen LogP contribution in [0.25, 0.3) is 0 Å². The van der Waals surface area contributed by atoms with Crippen LogP contribution in [0.15, 0.2) is 23.6 Å². The summed E-state index contributed by atoms with van der Waals surface area (Å²) in [5, 5.41) is 34.6. The van der Waals surface area contributed by atoms with E-state index in [-0.39, 0.29) is 17.4 Å². The van der Waals surface area contributed by atoms with Crippen molar-refractivity contribution in [1.82, 2.24) is 15.3 Å². The number of nitrogens with zero attached hydrogens (tertiary/aromatic N) is 4. The maximum absolute atomic E-state index is 11.8. The number of allylic oxidation sites excluding steroid dienone is 2. The van der Waals surface area contributed by atoms with Gasteiger partial charge in [0.25, 0.3) is 0 Å². The molecule has 178 valence electrons. The second kappa shape index (κ2) is 9.01. The van der Waals surface area contributed by atoms with E-state index in [4.69, 9.17) is 16.1 Å². The maximum atomic E-state index is 11.8. The summed E-state index contributed by atoms with van der Waals surface area (Å²) in [4.78, 5) is 12.5. The Balaban J connectivity index is 1.56. The molecule has 5 N–H and O–H groups in total. The maximum Gasteiger partial charge on any atom is 0.225 e. The molecule has 0 aromatic carbocycles. The Kier molecular flexibility index (Phi) is 6.04. The van der Waals surface area contributed by atoms with Crippen LogP contribution in [0, 0.1) is 22.7 Å². The molecule has 2 aromatic rings. The molecule has 3 aliphatic rings. The zero-order chi connectivity index (χ0) is 23.9. The van der Waals surface area contributed by atoms with E-state index in [1.807, 2.05) is 0 Å². The van der Waals surface area contributed by atoms with Crippen molar-refractivity contribution >= 4 is 28.0 Å². The average molecular weight is 478 g/mol. The molecule has 9 heteroatoms. The van der Waals surface area contributed by atoms with Crippen LogP contribution in [0.4, 0.5) is 10.9 Å². The molecule has 1 spiro atoms. The Morgan fingerprint density at radius 1 is 1.38 bits per heavy atom. The lowest BCUT2D eigenvalue weighted by Crippen LogP contribution is -2.40. The molecule has 1 aliphatic heterocycles. The summed E-state index contributed by atoms with van der Waals surface area (Å²) < 4.78 is 0. The van der Waals surface area contributed by atoms with Crippen molar-refractivity contribution in [3.05, 3.63) is 45.3 Å². The third-order valence-electron chi connectivity index (χ3n) is 7.42. The van der Waals surface area contributed by atoms with Crippen molar-refractivity contribution in [2.45, 2.75) is 50.9 Å². The highest BCUT2D eigenvalue weighted by Crippen LogP contribution is 2.55. The van der Waals surface area contributed by atoms with Gasteiger partial charge in [0.1, 0.15) is 16.8 Å². The highest BCUT2D eigenvalue weighted by atomic mass is 32.1. The number of rotatable bonds is 3. The monoisotopic (exact) mass is 477 g/mol. The number of hydrogen-bond acceptors (Lipinski definition) is 9. The van der Waals surface area contributed by atoms with Crippen LogP contribution < -0.4 is 16.0 Å². The molecule has 34 heavy (non-hydrogen) atoms.